The second-order valence-corrected chi connectivity index (χ2v) is 31.0. The first-order valence-corrected chi connectivity index (χ1v) is 27.6. The van der Waals surface area contributed by atoms with Crippen molar-refractivity contribution in [2.24, 2.45) is 0 Å². The number of hydrogen-bond donors (Lipinski definition) is 0. The maximum absolute atomic E-state index is 6.32. The van der Waals surface area contributed by atoms with Crippen LogP contribution in [0.15, 0.2) is 182 Å². The zero-order chi connectivity index (χ0) is 33.3. The van der Waals surface area contributed by atoms with E-state index >= 15 is 0 Å². The van der Waals surface area contributed by atoms with Crippen molar-refractivity contribution in [3.63, 3.8) is 0 Å². The van der Waals surface area contributed by atoms with Gasteiger partial charge in [-0.15, -0.1) is 0 Å². The number of aryl methyl sites for hydroxylation is 2. The molecule has 48 heavy (non-hydrogen) atoms. The molecule has 0 saturated carbocycles. The predicted octanol–water partition coefficient (Wildman–Crippen LogP) is 11.8. The van der Waals surface area contributed by atoms with Gasteiger partial charge in [0.05, 0.1) is 0 Å². The summed E-state index contributed by atoms with van der Waals surface area (Å²) in [6, 6.07) is 64.1. The third-order valence-electron chi connectivity index (χ3n) is 8.33. The summed E-state index contributed by atoms with van der Waals surface area (Å²) in [5.74, 6) is 0. The first-order chi connectivity index (χ1) is 23.5. The molecule has 0 aliphatic carbocycles. The Morgan fingerprint density at radius 1 is 0.458 bits per heavy atom. The van der Waals surface area contributed by atoms with Crippen molar-refractivity contribution >= 4 is 54.4 Å². The minimum atomic E-state index is -2.26. The van der Waals surface area contributed by atoms with Crippen molar-refractivity contribution in [2.75, 3.05) is 0 Å². The zero-order valence-corrected chi connectivity index (χ0v) is 32.0. The van der Waals surface area contributed by atoms with E-state index in [1.54, 1.807) is 0 Å². The molecule has 0 spiro atoms. The average Bonchev–Trinajstić information content (AvgIpc) is 3.77. The molecule has 8 rings (SSSR count). The van der Waals surface area contributed by atoms with Gasteiger partial charge < -0.3 is 0 Å². The van der Waals surface area contributed by atoms with Gasteiger partial charge in [0, 0.05) is 0 Å². The molecule has 0 amide bonds. The van der Waals surface area contributed by atoms with Crippen molar-refractivity contribution in [1.29, 1.82) is 0 Å². The molecule has 4 heteroatoms. The van der Waals surface area contributed by atoms with E-state index in [0.717, 1.165) is 0 Å². The molecule has 0 aliphatic rings. The number of hydrogen-bond acceptors (Lipinski definition) is 0. The molecule has 0 unspecified atom stereocenters. The van der Waals surface area contributed by atoms with Crippen LogP contribution >= 0.6 is 17.0 Å². The summed E-state index contributed by atoms with van der Waals surface area (Å²) < 4.78 is 0. The molecule has 8 aromatic carbocycles. The Morgan fingerprint density at radius 3 is 1.21 bits per heavy atom. The van der Waals surface area contributed by atoms with Gasteiger partial charge in [-0.05, 0) is 21.5 Å². The molecule has 0 aliphatic heterocycles. The number of benzene rings is 6. The number of halogens is 2. The van der Waals surface area contributed by atoms with E-state index in [-0.39, 0.29) is 0 Å². The van der Waals surface area contributed by atoms with Gasteiger partial charge >= 0.3 is 111 Å². The molecule has 8 aromatic rings. The molecular formula is C44H36Cl2SiZr-2. The Bertz CT molecular complexity index is 2110. The summed E-state index contributed by atoms with van der Waals surface area (Å²) >= 11 is -2.26. The van der Waals surface area contributed by atoms with Crippen molar-refractivity contribution in [2.45, 2.75) is 13.8 Å². The average molecular weight is 755 g/mol. The predicted molar refractivity (Wildman–Crippen MR) is 209 cm³/mol. The minimum absolute atomic E-state index is 0.889. The van der Waals surface area contributed by atoms with E-state index in [0.29, 0.717) is 0 Å². The van der Waals surface area contributed by atoms with Crippen LogP contribution in [0.1, 0.15) is 11.1 Å². The van der Waals surface area contributed by atoms with E-state index < -0.39 is 23.4 Å². The molecule has 0 radical (unpaired) electrons. The second kappa shape index (κ2) is 16.6. The Balaban J connectivity index is 0.000000125. The molecule has 0 saturated heterocycles. The normalized spacial score (nSPS) is 10.5. The van der Waals surface area contributed by atoms with Crippen LogP contribution in [0.3, 0.4) is 0 Å². The van der Waals surface area contributed by atoms with Crippen LogP contribution in [-0.2, 0) is 18.0 Å². The van der Waals surface area contributed by atoms with Gasteiger partial charge in [-0.1, -0.05) is 110 Å². The Kier molecular flexibility index (Phi) is 11.8. The number of fused-ring (bicyclic) bond motifs is 2. The van der Waals surface area contributed by atoms with Crippen molar-refractivity contribution in [3.05, 3.63) is 193 Å². The first-order valence-electron chi connectivity index (χ1n) is 16.1. The van der Waals surface area contributed by atoms with Crippen LogP contribution in [-0.4, -0.2) is 5.43 Å². The summed E-state index contributed by atoms with van der Waals surface area (Å²) in [7, 11) is 12.6. The summed E-state index contributed by atoms with van der Waals surface area (Å²) in [6.45, 7) is 4.27. The first kappa shape index (κ1) is 34.1. The van der Waals surface area contributed by atoms with Crippen molar-refractivity contribution in [1.82, 2.24) is 0 Å². The van der Waals surface area contributed by atoms with E-state index in [9.17, 15) is 0 Å². The van der Waals surface area contributed by atoms with Gasteiger partial charge in [-0.25, -0.2) is 12.1 Å². The fraction of sp³-hybridized carbons (Fsp3) is 0.0455. The standard InChI is InChI=1S/2C16H13.C12H10Si.2ClH.Zr/c2*1-12-9-10-14(11-12)16-8-4-6-13-5-2-3-7-15(13)16;1-3-7-11(8-4-1)13-12-9-5-2-6-10-12;;;/h2*2-11H,1H3;1-10H;2*1H;/q2*-1;;;;+2/p-2. The zero-order valence-electron chi connectivity index (χ0n) is 27.1. The van der Waals surface area contributed by atoms with E-state index in [2.05, 4.69) is 184 Å². The second-order valence-electron chi connectivity index (χ2n) is 11.8. The SMILES string of the molecule is Cc1cc(-c2cccc3ccccc23)c[cH-]1.Cc1cc(-c2cccc3ccccc23)c[cH-]1.[Cl][Zr]([Cl])=[Si](c1ccccc1)c1ccccc1. The molecule has 0 nitrogen and oxygen atoms in total. The van der Waals surface area contributed by atoms with Gasteiger partial charge in [0.2, 0.25) is 0 Å². The third-order valence-corrected chi connectivity index (χ3v) is 24.3. The van der Waals surface area contributed by atoms with Gasteiger partial charge in [0.15, 0.2) is 0 Å². The maximum atomic E-state index is 6.32. The molecule has 0 fully saturated rings. The van der Waals surface area contributed by atoms with Crippen LogP contribution in [0.4, 0.5) is 0 Å². The van der Waals surface area contributed by atoms with Crippen molar-refractivity contribution in [3.8, 4) is 22.3 Å². The molecule has 0 bridgehead atoms. The molecular weight excluding hydrogens is 719 g/mol. The topological polar surface area (TPSA) is 0 Å². The van der Waals surface area contributed by atoms with Gasteiger partial charge in [-0.3, -0.25) is 0 Å². The summed E-state index contributed by atoms with van der Waals surface area (Å²) in [4.78, 5) is 0. The van der Waals surface area contributed by atoms with Crippen LogP contribution in [0, 0.1) is 13.8 Å². The molecule has 0 atom stereocenters. The van der Waals surface area contributed by atoms with E-state index in [1.807, 2.05) is 12.1 Å². The van der Waals surface area contributed by atoms with Crippen LogP contribution in [0.25, 0.3) is 43.8 Å². The molecule has 0 N–H and O–H groups in total. The monoisotopic (exact) mass is 752 g/mol. The van der Waals surface area contributed by atoms with Crippen molar-refractivity contribution < 1.29 is 18.0 Å². The van der Waals surface area contributed by atoms with Crippen LogP contribution < -0.4 is 10.4 Å². The Labute approximate surface area is 299 Å². The quantitative estimate of drug-likeness (QED) is 0.124. The Morgan fingerprint density at radius 2 is 0.833 bits per heavy atom. The van der Waals surface area contributed by atoms with Gasteiger partial charge in [0.1, 0.15) is 0 Å². The van der Waals surface area contributed by atoms with Gasteiger partial charge in [-0.2, -0.15) is 46.5 Å². The molecule has 236 valence electrons. The number of rotatable bonds is 4. The summed E-state index contributed by atoms with van der Waals surface area (Å²) in [5.41, 5.74) is 7.03. The molecule has 0 aromatic heterocycles. The summed E-state index contributed by atoms with van der Waals surface area (Å²) in [6.07, 6.45) is 0. The van der Waals surface area contributed by atoms with Crippen LogP contribution in [0.5, 0.6) is 0 Å². The molecule has 0 heterocycles. The van der Waals surface area contributed by atoms with E-state index in [1.165, 1.54) is 65.3 Å². The summed E-state index contributed by atoms with van der Waals surface area (Å²) in [5, 5.41) is 7.93. The van der Waals surface area contributed by atoms with E-state index in [4.69, 9.17) is 17.0 Å². The Hall–Kier alpha value is -3.78. The fourth-order valence-electron chi connectivity index (χ4n) is 6.01. The van der Waals surface area contributed by atoms with Gasteiger partial charge in [0.25, 0.3) is 0 Å². The fourth-order valence-corrected chi connectivity index (χ4v) is 21.3. The van der Waals surface area contributed by atoms with Crippen LogP contribution in [0.2, 0.25) is 0 Å². The third kappa shape index (κ3) is 8.43.